The largest absolute Gasteiger partial charge is 0.467 e. The molecule has 0 unspecified atom stereocenters. The van der Waals surface area contributed by atoms with Crippen molar-refractivity contribution in [3.05, 3.63) is 95.5 Å². The molecule has 0 aliphatic carbocycles. The van der Waals surface area contributed by atoms with E-state index < -0.39 is 0 Å². The summed E-state index contributed by atoms with van der Waals surface area (Å²) < 4.78 is 5.17. The van der Waals surface area contributed by atoms with Gasteiger partial charge >= 0.3 is 0 Å². The third-order valence-electron chi connectivity index (χ3n) is 3.92. The summed E-state index contributed by atoms with van der Waals surface area (Å²) in [6.45, 7) is 2.34. The molecule has 0 aliphatic rings. The number of carbonyl (C=O) groups is 2. The molecule has 3 rings (SSSR count). The monoisotopic (exact) mass is 360 g/mol. The first-order valence-corrected chi connectivity index (χ1v) is 8.56. The molecule has 0 radical (unpaired) electrons. The topological polar surface area (TPSA) is 71.3 Å². The van der Waals surface area contributed by atoms with E-state index in [1.54, 1.807) is 48.7 Å². The van der Waals surface area contributed by atoms with Gasteiger partial charge in [0.2, 0.25) is 5.91 Å². The van der Waals surface area contributed by atoms with Crippen molar-refractivity contribution in [3.8, 4) is 0 Å². The average Bonchev–Trinajstić information content (AvgIpc) is 3.20. The fourth-order valence-electron chi connectivity index (χ4n) is 2.42. The molecule has 5 heteroatoms. The lowest BCUT2D eigenvalue weighted by atomic mass is 10.1. The Bertz CT molecular complexity index is 925. The minimum absolute atomic E-state index is 0.205. The van der Waals surface area contributed by atoms with E-state index in [0.717, 1.165) is 5.56 Å². The van der Waals surface area contributed by atoms with E-state index in [1.165, 1.54) is 11.6 Å². The minimum Gasteiger partial charge on any atom is -0.467 e. The molecule has 0 saturated carbocycles. The van der Waals surface area contributed by atoms with Crippen LogP contribution < -0.4 is 10.6 Å². The number of hydrogen-bond acceptors (Lipinski definition) is 3. The Hall–Kier alpha value is -3.60. The van der Waals surface area contributed by atoms with Crippen molar-refractivity contribution < 1.29 is 14.0 Å². The Morgan fingerprint density at radius 1 is 1.00 bits per heavy atom. The molecule has 0 aliphatic heterocycles. The summed E-state index contributed by atoms with van der Waals surface area (Å²) in [6.07, 6.45) is 4.80. The highest BCUT2D eigenvalue weighted by Gasteiger charge is 2.06. The number of nitrogens with one attached hydrogen (secondary N) is 2. The molecule has 1 heterocycles. The van der Waals surface area contributed by atoms with Gasteiger partial charge in [0.15, 0.2) is 0 Å². The van der Waals surface area contributed by atoms with Gasteiger partial charge in [-0.3, -0.25) is 9.59 Å². The number of aryl methyl sites for hydroxylation is 1. The third kappa shape index (κ3) is 5.44. The third-order valence-corrected chi connectivity index (χ3v) is 3.92. The Kier molecular flexibility index (Phi) is 5.84. The summed E-state index contributed by atoms with van der Waals surface area (Å²) in [5.41, 5.74) is 3.26. The Morgan fingerprint density at radius 3 is 2.41 bits per heavy atom. The molecule has 27 heavy (non-hydrogen) atoms. The zero-order valence-corrected chi connectivity index (χ0v) is 14.9. The SMILES string of the molecule is Cc1ccc(/C=C/C(=O)Nc2ccc(C(=O)NCc3ccco3)cc2)cc1. The van der Waals surface area contributed by atoms with Gasteiger partial charge in [-0.2, -0.15) is 0 Å². The van der Waals surface area contributed by atoms with E-state index in [0.29, 0.717) is 23.6 Å². The average molecular weight is 360 g/mol. The van der Waals surface area contributed by atoms with Crippen molar-refractivity contribution in [2.24, 2.45) is 0 Å². The van der Waals surface area contributed by atoms with Crippen LogP contribution in [0.1, 0.15) is 27.2 Å². The maximum absolute atomic E-state index is 12.1. The number of carbonyl (C=O) groups excluding carboxylic acids is 2. The van der Waals surface area contributed by atoms with E-state index in [4.69, 9.17) is 4.42 Å². The standard InChI is InChI=1S/C22H20N2O3/c1-16-4-6-17(7-5-16)8-13-21(25)24-19-11-9-18(10-12-19)22(26)23-15-20-3-2-14-27-20/h2-14H,15H2,1H3,(H,23,26)(H,24,25)/b13-8+. The fraction of sp³-hybridized carbons (Fsp3) is 0.0909. The number of amides is 2. The molecule has 2 N–H and O–H groups in total. The lowest BCUT2D eigenvalue weighted by Gasteiger charge is -2.06. The van der Waals surface area contributed by atoms with Crippen molar-refractivity contribution in [3.63, 3.8) is 0 Å². The summed E-state index contributed by atoms with van der Waals surface area (Å²) in [5.74, 6) is 0.252. The molecular formula is C22H20N2O3. The van der Waals surface area contributed by atoms with Crippen LogP contribution in [0.25, 0.3) is 6.08 Å². The van der Waals surface area contributed by atoms with Crippen LogP contribution in [0.15, 0.2) is 77.4 Å². The van der Waals surface area contributed by atoms with Crippen molar-refractivity contribution in [2.45, 2.75) is 13.5 Å². The number of rotatable bonds is 6. The van der Waals surface area contributed by atoms with Crippen LogP contribution in [0.3, 0.4) is 0 Å². The fourth-order valence-corrected chi connectivity index (χ4v) is 2.42. The quantitative estimate of drug-likeness (QED) is 0.648. The molecule has 1 aromatic heterocycles. The van der Waals surface area contributed by atoms with Crippen LogP contribution in [-0.2, 0) is 11.3 Å². The van der Waals surface area contributed by atoms with Gasteiger partial charge in [0.25, 0.3) is 5.91 Å². The molecule has 0 bridgehead atoms. The first-order valence-electron chi connectivity index (χ1n) is 8.56. The highest BCUT2D eigenvalue weighted by molar-refractivity contribution is 6.02. The smallest absolute Gasteiger partial charge is 0.251 e. The summed E-state index contributed by atoms with van der Waals surface area (Å²) in [5, 5.41) is 5.54. The van der Waals surface area contributed by atoms with Gasteiger partial charge in [0.05, 0.1) is 12.8 Å². The molecule has 0 atom stereocenters. The summed E-state index contributed by atoms with van der Waals surface area (Å²) in [7, 11) is 0. The van der Waals surface area contributed by atoms with E-state index in [1.807, 2.05) is 31.2 Å². The van der Waals surface area contributed by atoms with Gasteiger partial charge in [-0.1, -0.05) is 29.8 Å². The molecular weight excluding hydrogens is 340 g/mol. The van der Waals surface area contributed by atoms with Crippen molar-refractivity contribution in [1.29, 1.82) is 0 Å². The summed E-state index contributed by atoms with van der Waals surface area (Å²) in [6, 6.07) is 18.2. The van der Waals surface area contributed by atoms with Crippen LogP contribution in [-0.4, -0.2) is 11.8 Å². The summed E-state index contributed by atoms with van der Waals surface area (Å²) in [4.78, 5) is 24.1. The Morgan fingerprint density at radius 2 is 1.74 bits per heavy atom. The van der Waals surface area contributed by atoms with Crippen molar-refractivity contribution >= 4 is 23.6 Å². The number of anilines is 1. The molecule has 2 amide bonds. The second kappa shape index (κ2) is 8.67. The van der Waals surface area contributed by atoms with E-state index in [2.05, 4.69) is 10.6 Å². The Labute approximate surface area is 157 Å². The molecule has 0 fully saturated rings. The number of furan rings is 1. The van der Waals surface area contributed by atoms with Crippen LogP contribution in [0.2, 0.25) is 0 Å². The second-order valence-electron chi connectivity index (χ2n) is 6.07. The Balaban J connectivity index is 1.52. The zero-order valence-electron chi connectivity index (χ0n) is 14.9. The molecule has 0 saturated heterocycles. The van der Waals surface area contributed by atoms with E-state index in [-0.39, 0.29) is 11.8 Å². The van der Waals surface area contributed by atoms with Crippen LogP contribution >= 0.6 is 0 Å². The van der Waals surface area contributed by atoms with Gasteiger partial charge < -0.3 is 15.1 Å². The van der Waals surface area contributed by atoms with Crippen molar-refractivity contribution in [1.82, 2.24) is 5.32 Å². The first-order chi connectivity index (χ1) is 13.1. The molecule has 0 spiro atoms. The van der Waals surface area contributed by atoms with Crippen LogP contribution in [0.5, 0.6) is 0 Å². The second-order valence-corrected chi connectivity index (χ2v) is 6.07. The predicted molar refractivity (Wildman–Crippen MR) is 105 cm³/mol. The van der Waals surface area contributed by atoms with Crippen molar-refractivity contribution in [2.75, 3.05) is 5.32 Å². The van der Waals surface area contributed by atoms with Crippen LogP contribution in [0.4, 0.5) is 5.69 Å². The maximum atomic E-state index is 12.1. The predicted octanol–water partition coefficient (Wildman–Crippen LogP) is 4.17. The highest BCUT2D eigenvalue weighted by atomic mass is 16.3. The highest BCUT2D eigenvalue weighted by Crippen LogP contribution is 2.11. The van der Waals surface area contributed by atoms with E-state index in [9.17, 15) is 9.59 Å². The lowest BCUT2D eigenvalue weighted by Crippen LogP contribution is -2.22. The minimum atomic E-state index is -0.231. The van der Waals surface area contributed by atoms with Crippen LogP contribution in [0, 0.1) is 6.92 Å². The first kappa shape index (κ1) is 18.2. The lowest BCUT2D eigenvalue weighted by molar-refractivity contribution is -0.111. The van der Waals surface area contributed by atoms with E-state index >= 15 is 0 Å². The maximum Gasteiger partial charge on any atom is 0.251 e. The number of benzene rings is 2. The molecule has 5 nitrogen and oxygen atoms in total. The molecule has 3 aromatic rings. The normalized spacial score (nSPS) is 10.7. The summed E-state index contributed by atoms with van der Waals surface area (Å²) >= 11 is 0. The van der Waals surface area contributed by atoms with Gasteiger partial charge in [0, 0.05) is 17.3 Å². The van der Waals surface area contributed by atoms with Gasteiger partial charge in [0.1, 0.15) is 5.76 Å². The zero-order chi connectivity index (χ0) is 19.1. The molecule has 2 aromatic carbocycles. The molecule has 136 valence electrons. The number of hydrogen-bond donors (Lipinski definition) is 2. The van der Waals surface area contributed by atoms with Gasteiger partial charge in [-0.25, -0.2) is 0 Å². The van der Waals surface area contributed by atoms with Gasteiger partial charge in [-0.05, 0) is 55.0 Å². The van der Waals surface area contributed by atoms with Gasteiger partial charge in [-0.15, -0.1) is 0 Å².